The third kappa shape index (κ3) is 3.15. The van der Waals surface area contributed by atoms with Gasteiger partial charge in [-0.05, 0) is 30.7 Å². The molecule has 3 rings (SSSR count). The second kappa shape index (κ2) is 6.08. The Bertz CT molecular complexity index is 878. The van der Waals surface area contributed by atoms with Crippen LogP contribution >= 0.6 is 0 Å². The summed E-state index contributed by atoms with van der Waals surface area (Å²) in [5.41, 5.74) is 2.20. The standard InChI is InChI=1S/C17H14FNO4/c18-11-4-5-14-12(7-11)13(8-19-14)10-6-16(23-9-10)15(20)2-1-3-17(21)22/h4-9,19H,1-3H2,(H,21,22). The van der Waals surface area contributed by atoms with Crippen molar-refractivity contribution in [3.05, 3.63) is 48.3 Å². The number of carbonyl (C=O) groups excluding carboxylic acids is 1. The van der Waals surface area contributed by atoms with Crippen molar-refractivity contribution in [3.63, 3.8) is 0 Å². The maximum atomic E-state index is 13.4. The molecule has 0 fully saturated rings. The number of aromatic amines is 1. The summed E-state index contributed by atoms with van der Waals surface area (Å²) in [6.45, 7) is 0. The molecule has 0 spiro atoms. The number of H-pyrrole nitrogens is 1. The minimum absolute atomic E-state index is 0.0545. The van der Waals surface area contributed by atoms with Gasteiger partial charge < -0.3 is 14.5 Å². The zero-order valence-corrected chi connectivity index (χ0v) is 12.1. The molecule has 2 heterocycles. The van der Waals surface area contributed by atoms with Crippen LogP contribution in [0.1, 0.15) is 29.8 Å². The summed E-state index contributed by atoms with van der Waals surface area (Å²) in [7, 11) is 0. The van der Waals surface area contributed by atoms with Crippen LogP contribution < -0.4 is 0 Å². The summed E-state index contributed by atoms with van der Waals surface area (Å²) < 4.78 is 18.7. The number of carboxylic acid groups (broad SMARTS) is 1. The first-order chi connectivity index (χ1) is 11.0. The summed E-state index contributed by atoms with van der Waals surface area (Å²) >= 11 is 0. The number of fused-ring (bicyclic) bond motifs is 1. The zero-order chi connectivity index (χ0) is 16.4. The highest BCUT2D eigenvalue weighted by molar-refractivity contribution is 5.98. The molecule has 0 aliphatic rings. The summed E-state index contributed by atoms with van der Waals surface area (Å²) in [6.07, 6.45) is 3.50. The van der Waals surface area contributed by atoms with E-state index in [9.17, 15) is 14.0 Å². The molecule has 2 N–H and O–H groups in total. The number of hydrogen-bond donors (Lipinski definition) is 2. The minimum Gasteiger partial charge on any atom is -0.481 e. The normalized spacial score (nSPS) is 11.0. The van der Waals surface area contributed by atoms with Crippen LogP contribution in [0, 0.1) is 5.82 Å². The van der Waals surface area contributed by atoms with Gasteiger partial charge in [-0.1, -0.05) is 0 Å². The van der Waals surface area contributed by atoms with E-state index in [-0.39, 0.29) is 36.6 Å². The van der Waals surface area contributed by atoms with Crippen LogP contribution in [0.3, 0.4) is 0 Å². The molecule has 5 nitrogen and oxygen atoms in total. The Balaban J connectivity index is 1.82. The first-order valence-corrected chi connectivity index (χ1v) is 7.15. The number of Topliss-reactive ketones (excluding diaryl/α,β-unsaturated/α-hetero) is 1. The van der Waals surface area contributed by atoms with Crippen molar-refractivity contribution in [2.75, 3.05) is 0 Å². The van der Waals surface area contributed by atoms with Gasteiger partial charge in [0, 0.05) is 41.1 Å². The van der Waals surface area contributed by atoms with Crippen molar-refractivity contribution in [2.45, 2.75) is 19.3 Å². The molecule has 23 heavy (non-hydrogen) atoms. The average molecular weight is 315 g/mol. The predicted octanol–water partition coefficient (Wildman–Crippen LogP) is 4.00. The third-order valence-corrected chi connectivity index (χ3v) is 3.62. The van der Waals surface area contributed by atoms with Crippen molar-refractivity contribution < 1.29 is 23.5 Å². The Morgan fingerprint density at radius 1 is 1.22 bits per heavy atom. The lowest BCUT2D eigenvalue weighted by Crippen LogP contribution is -2.00. The van der Waals surface area contributed by atoms with Crippen LogP contribution in [-0.2, 0) is 4.79 Å². The van der Waals surface area contributed by atoms with Gasteiger partial charge in [0.2, 0.25) is 0 Å². The maximum Gasteiger partial charge on any atom is 0.303 e. The quantitative estimate of drug-likeness (QED) is 0.673. The molecular formula is C17H14FNO4. The lowest BCUT2D eigenvalue weighted by molar-refractivity contribution is -0.137. The summed E-state index contributed by atoms with van der Waals surface area (Å²) in [6, 6.07) is 6.03. The Labute approximate surface area is 130 Å². The van der Waals surface area contributed by atoms with Crippen molar-refractivity contribution in [1.82, 2.24) is 4.98 Å². The van der Waals surface area contributed by atoms with Gasteiger partial charge in [0.15, 0.2) is 11.5 Å². The second-order valence-electron chi connectivity index (χ2n) is 5.26. The van der Waals surface area contributed by atoms with Gasteiger partial charge in [0.05, 0.1) is 6.26 Å². The van der Waals surface area contributed by atoms with E-state index in [1.807, 2.05) is 0 Å². The number of furan rings is 1. The summed E-state index contributed by atoms with van der Waals surface area (Å²) in [4.78, 5) is 25.5. The molecule has 0 atom stereocenters. The fourth-order valence-electron chi connectivity index (χ4n) is 2.48. The van der Waals surface area contributed by atoms with Crippen molar-refractivity contribution in [1.29, 1.82) is 0 Å². The predicted molar refractivity (Wildman–Crippen MR) is 81.8 cm³/mol. The molecule has 118 valence electrons. The fraction of sp³-hybridized carbons (Fsp3) is 0.176. The van der Waals surface area contributed by atoms with E-state index in [2.05, 4.69) is 4.98 Å². The van der Waals surface area contributed by atoms with Gasteiger partial charge in [0.1, 0.15) is 5.82 Å². The lowest BCUT2D eigenvalue weighted by Gasteiger charge is -1.95. The van der Waals surface area contributed by atoms with E-state index in [0.717, 1.165) is 11.1 Å². The van der Waals surface area contributed by atoms with Crippen LogP contribution in [0.5, 0.6) is 0 Å². The number of rotatable bonds is 6. The summed E-state index contributed by atoms with van der Waals surface area (Å²) in [5, 5.41) is 9.28. The molecule has 0 aliphatic carbocycles. The van der Waals surface area contributed by atoms with Crippen LogP contribution in [0.2, 0.25) is 0 Å². The molecule has 0 saturated carbocycles. The molecule has 3 aromatic rings. The fourth-order valence-corrected chi connectivity index (χ4v) is 2.48. The molecular weight excluding hydrogens is 301 g/mol. The SMILES string of the molecule is O=C(O)CCCC(=O)c1cc(-c2c[nH]c3ccc(F)cc23)co1. The highest BCUT2D eigenvalue weighted by Crippen LogP contribution is 2.30. The number of halogens is 1. The molecule has 1 aromatic carbocycles. The number of benzene rings is 1. The zero-order valence-electron chi connectivity index (χ0n) is 12.1. The molecule has 6 heteroatoms. The molecule has 2 aromatic heterocycles. The Morgan fingerprint density at radius 2 is 2.04 bits per heavy atom. The Hall–Kier alpha value is -2.89. The van der Waals surface area contributed by atoms with Gasteiger partial charge in [-0.2, -0.15) is 0 Å². The van der Waals surface area contributed by atoms with Gasteiger partial charge in [-0.3, -0.25) is 9.59 Å². The number of aromatic nitrogens is 1. The third-order valence-electron chi connectivity index (χ3n) is 3.62. The average Bonchev–Trinajstić information content (AvgIpc) is 3.12. The molecule has 0 unspecified atom stereocenters. The van der Waals surface area contributed by atoms with E-state index in [1.54, 1.807) is 18.3 Å². The van der Waals surface area contributed by atoms with Crippen LogP contribution in [0.25, 0.3) is 22.0 Å². The van der Waals surface area contributed by atoms with Crippen molar-refractivity contribution in [2.24, 2.45) is 0 Å². The van der Waals surface area contributed by atoms with E-state index in [1.165, 1.54) is 18.4 Å². The smallest absolute Gasteiger partial charge is 0.303 e. The van der Waals surface area contributed by atoms with Crippen LogP contribution in [0.4, 0.5) is 4.39 Å². The van der Waals surface area contributed by atoms with E-state index >= 15 is 0 Å². The second-order valence-corrected chi connectivity index (χ2v) is 5.26. The first-order valence-electron chi connectivity index (χ1n) is 7.15. The number of ketones is 1. The van der Waals surface area contributed by atoms with Crippen LogP contribution in [-0.4, -0.2) is 21.8 Å². The first kappa shape index (κ1) is 15.0. The molecule has 0 saturated heterocycles. The minimum atomic E-state index is -0.932. The van der Waals surface area contributed by atoms with E-state index in [0.29, 0.717) is 10.9 Å². The highest BCUT2D eigenvalue weighted by Gasteiger charge is 2.15. The van der Waals surface area contributed by atoms with E-state index < -0.39 is 5.97 Å². The van der Waals surface area contributed by atoms with Gasteiger partial charge in [-0.15, -0.1) is 0 Å². The monoisotopic (exact) mass is 315 g/mol. The highest BCUT2D eigenvalue weighted by atomic mass is 19.1. The van der Waals surface area contributed by atoms with E-state index in [4.69, 9.17) is 9.52 Å². The maximum absolute atomic E-state index is 13.4. The van der Waals surface area contributed by atoms with Crippen molar-refractivity contribution in [3.8, 4) is 11.1 Å². The van der Waals surface area contributed by atoms with Gasteiger partial charge in [0.25, 0.3) is 0 Å². The summed E-state index contributed by atoms with van der Waals surface area (Å²) in [5.74, 6) is -1.34. The topological polar surface area (TPSA) is 83.3 Å². The molecule has 0 aliphatic heterocycles. The van der Waals surface area contributed by atoms with Crippen LogP contribution in [0.15, 0.2) is 41.1 Å². The van der Waals surface area contributed by atoms with Crippen molar-refractivity contribution >= 4 is 22.7 Å². The van der Waals surface area contributed by atoms with Gasteiger partial charge >= 0.3 is 5.97 Å². The number of hydrogen-bond acceptors (Lipinski definition) is 3. The number of carbonyl (C=O) groups is 2. The molecule has 0 amide bonds. The Kier molecular flexibility index (Phi) is 3.97. The Morgan fingerprint density at radius 3 is 2.83 bits per heavy atom. The largest absolute Gasteiger partial charge is 0.481 e. The lowest BCUT2D eigenvalue weighted by atomic mass is 10.1. The number of aliphatic carboxylic acids is 1. The molecule has 0 radical (unpaired) electrons. The number of nitrogens with one attached hydrogen (secondary N) is 1. The molecule has 0 bridgehead atoms. The number of carboxylic acids is 1. The van der Waals surface area contributed by atoms with Gasteiger partial charge in [-0.25, -0.2) is 4.39 Å².